The van der Waals surface area contributed by atoms with Gasteiger partial charge in [0.15, 0.2) is 5.44 Å². The molecule has 0 bridgehead atoms. The minimum absolute atomic E-state index is 0.172. The lowest BCUT2D eigenvalue weighted by Crippen LogP contribution is -2.20. The van der Waals surface area contributed by atoms with Crippen molar-refractivity contribution >= 4 is 22.0 Å². The maximum absolute atomic E-state index is 13.2. The summed E-state index contributed by atoms with van der Waals surface area (Å²) < 4.78 is 39.0. The third-order valence-corrected chi connectivity index (χ3v) is 15.7. The summed E-state index contributed by atoms with van der Waals surface area (Å²) in [6.07, 6.45) is 56.6. The summed E-state index contributed by atoms with van der Waals surface area (Å²) in [6.45, 7) is 8.20. The van der Waals surface area contributed by atoms with E-state index in [1.54, 1.807) is 12.1 Å². The number of unbranched alkanes of at least 4 members (excludes halogenated alkanes) is 37. The quantitative estimate of drug-likeness (QED) is 0.0528. The number of sulfone groups is 1. The zero-order valence-corrected chi connectivity index (χ0v) is 45.0. The van der Waals surface area contributed by atoms with Gasteiger partial charge in [-0.15, -0.1) is 0 Å². The number of ether oxygens (including phenoxy) is 2. The van der Waals surface area contributed by atoms with Crippen molar-refractivity contribution in [1.29, 1.82) is 0 Å². The first-order valence-corrected chi connectivity index (χ1v) is 30.6. The molecule has 6 heteroatoms. The first kappa shape index (κ1) is 60.8. The molecule has 386 valence electrons. The molecule has 0 radical (unpaired) electrons. The molecule has 0 aliphatic rings. The highest BCUT2D eigenvalue weighted by Gasteiger charge is 2.24. The minimum Gasteiger partial charge on any atom is -0.493 e. The number of aliphatic hydroxyl groups excluding tert-OH is 1. The Kier molecular flexibility index (Phi) is 39.7. The average Bonchev–Trinajstić information content (AvgIpc) is 3.34. The van der Waals surface area contributed by atoms with Gasteiger partial charge in [0.1, 0.15) is 11.5 Å². The fourth-order valence-electron chi connectivity index (χ4n) is 9.26. The molecule has 0 fully saturated rings. The van der Waals surface area contributed by atoms with Crippen LogP contribution < -0.4 is 9.47 Å². The van der Waals surface area contributed by atoms with E-state index >= 15 is 0 Å². The molecule has 0 aliphatic carbocycles. The number of aliphatic hydroxyl groups is 1. The van der Waals surface area contributed by atoms with E-state index in [1.165, 1.54) is 225 Å². The highest BCUT2D eigenvalue weighted by Crippen LogP contribution is 2.29. The molecule has 0 saturated carbocycles. The molecule has 2 aromatic carbocycles. The summed E-state index contributed by atoms with van der Waals surface area (Å²) in [7, 11) is -3.80. The van der Waals surface area contributed by atoms with Gasteiger partial charge < -0.3 is 14.6 Å². The number of benzene rings is 2. The fourth-order valence-corrected chi connectivity index (χ4v) is 10.6. The van der Waals surface area contributed by atoms with E-state index in [1.807, 2.05) is 36.4 Å². The second-order valence-corrected chi connectivity index (χ2v) is 22.3. The minimum atomic E-state index is -3.80. The maximum atomic E-state index is 13.2. The van der Waals surface area contributed by atoms with Crippen LogP contribution in [0.3, 0.4) is 0 Å². The van der Waals surface area contributed by atoms with E-state index in [4.69, 9.17) is 9.47 Å². The van der Waals surface area contributed by atoms with Gasteiger partial charge in [0.25, 0.3) is 0 Å². The first-order valence-electron chi connectivity index (χ1n) is 29.0. The van der Waals surface area contributed by atoms with Crippen molar-refractivity contribution in [1.82, 2.24) is 0 Å². The molecule has 1 N–H and O–H groups in total. The predicted molar refractivity (Wildman–Crippen MR) is 292 cm³/mol. The predicted octanol–water partition coefficient (Wildman–Crippen LogP) is 19.8. The standard InChI is InChI=1S/C61H106O5S/c1-4-7-10-13-16-19-21-23-25-27-29-31-33-36-39-42-53-65-58-50-49-57(60(55-58)66-54-43-40-37-34-32-30-28-26-24-22-20-17-14-11-8-5-2)48-45-56-46-51-59(52-47-56)67(63,64)61(62)44-41-38-35-18-15-12-9-6-3/h45-52,55,61-62H,4-44,53-54H2,1-3H3. The van der Waals surface area contributed by atoms with E-state index in [9.17, 15) is 13.5 Å². The molecular formula is C61H106O5S. The van der Waals surface area contributed by atoms with Gasteiger partial charge in [-0.25, -0.2) is 8.42 Å². The third kappa shape index (κ3) is 33.0. The Labute approximate surface area is 415 Å². The second-order valence-electron chi connectivity index (χ2n) is 20.2. The lowest BCUT2D eigenvalue weighted by molar-refractivity contribution is 0.233. The number of hydrogen-bond acceptors (Lipinski definition) is 5. The molecule has 0 saturated heterocycles. The Morgan fingerprint density at radius 3 is 1.15 bits per heavy atom. The van der Waals surface area contributed by atoms with Crippen molar-refractivity contribution in [2.75, 3.05) is 13.2 Å². The van der Waals surface area contributed by atoms with Gasteiger partial charge >= 0.3 is 0 Å². The second kappa shape index (κ2) is 43.7. The smallest absolute Gasteiger partial charge is 0.204 e. The molecule has 2 rings (SSSR count). The zero-order chi connectivity index (χ0) is 48.1. The molecule has 0 aromatic heterocycles. The highest BCUT2D eigenvalue weighted by atomic mass is 32.2. The Bertz CT molecular complexity index is 1520. The van der Waals surface area contributed by atoms with Crippen molar-refractivity contribution in [3.05, 3.63) is 53.6 Å². The van der Waals surface area contributed by atoms with Crippen LogP contribution in [-0.4, -0.2) is 32.2 Å². The lowest BCUT2D eigenvalue weighted by Gasteiger charge is -2.13. The van der Waals surface area contributed by atoms with Crippen LogP contribution in [0.2, 0.25) is 0 Å². The van der Waals surface area contributed by atoms with Crippen molar-refractivity contribution in [3.63, 3.8) is 0 Å². The molecule has 0 aliphatic heterocycles. The van der Waals surface area contributed by atoms with E-state index < -0.39 is 15.3 Å². The van der Waals surface area contributed by atoms with Gasteiger partial charge in [-0.2, -0.15) is 0 Å². The summed E-state index contributed by atoms with van der Waals surface area (Å²) in [4.78, 5) is 0.172. The summed E-state index contributed by atoms with van der Waals surface area (Å²) in [6, 6.07) is 13.0. The van der Waals surface area contributed by atoms with Crippen LogP contribution >= 0.6 is 0 Å². The SMILES string of the molecule is CCCCCCCCCCCCCCCCCCOc1ccc(C=Cc2ccc(S(=O)(=O)C(O)CCCCCCCCCC)cc2)c(OCCCCCCCCCCCCCCCCCC)c1. The van der Waals surface area contributed by atoms with E-state index in [-0.39, 0.29) is 11.3 Å². The van der Waals surface area contributed by atoms with Crippen molar-refractivity contribution in [2.24, 2.45) is 0 Å². The van der Waals surface area contributed by atoms with Crippen LogP contribution in [0.1, 0.15) is 295 Å². The lowest BCUT2D eigenvalue weighted by atomic mass is 10.0. The molecule has 67 heavy (non-hydrogen) atoms. The highest BCUT2D eigenvalue weighted by molar-refractivity contribution is 7.91. The molecule has 1 atom stereocenters. The summed E-state index contributed by atoms with van der Waals surface area (Å²) in [5.41, 5.74) is 0.501. The fraction of sp³-hybridized carbons (Fsp3) is 0.770. The van der Waals surface area contributed by atoms with Crippen LogP contribution in [0, 0.1) is 0 Å². The molecule has 5 nitrogen and oxygen atoms in total. The molecule has 0 heterocycles. The van der Waals surface area contributed by atoms with Crippen molar-refractivity contribution in [3.8, 4) is 11.5 Å². The van der Waals surface area contributed by atoms with Crippen LogP contribution in [0.5, 0.6) is 11.5 Å². The third-order valence-electron chi connectivity index (χ3n) is 13.8. The van der Waals surface area contributed by atoms with Gasteiger partial charge in [-0.1, -0.05) is 283 Å². The molecular weight excluding hydrogens is 845 g/mol. The summed E-state index contributed by atoms with van der Waals surface area (Å²) >= 11 is 0. The summed E-state index contributed by atoms with van der Waals surface area (Å²) in [5.74, 6) is 1.67. The largest absolute Gasteiger partial charge is 0.493 e. The molecule has 0 spiro atoms. The molecule has 2 aromatic rings. The monoisotopic (exact) mass is 951 g/mol. The summed E-state index contributed by atoms with van der Waals surface area (Å²) in [5, 5.41) is 10.6. The maximum Gasteiger partial charge on any atom is 0.204 e. The Balaban J connectivity index is 1.80. The van der Waals surface area contributed by atoms with Gasteiger partial charge in [0.2, 0.25) is 9.84 Å². The number of rotatable bonds is 49. The van der Waals surface area contributed by atoms with Gasteiger partial charge in [-0.05, 0) is 55.5 Å². The normalized spacial score (nSPS) is 12.4. The topological polar surface area (TPSA) is 72.8 Å². The average molecular weight is 952 g/mol. The van der Waals surface area contributed by atoms with E-state index in [0.717, 1.165) is 61.3 Å². The van der Waals surface area contributed by atoms with Crippen LogP contribution in [0.15, 0.2) is 47.4 Å². The van der Waals surface area contributed by atoms with Crippen LogP contribution in [0.25, 0.3) is 12.2 Å². The van der Waals surface area contributed by atoms with Gasteiger partial charge in [0.05, 0.1) is 18.1 Å². The van der Waals surface area contributed by atoms with Gasteiger partial charge in [0, 0.05) is 11.6 Å². The first-order chi connectivity index (χ1) is 32.9. The Hall–Kier alpha value is -2.31. The van der Waals surface area contributed by atoms with Gasteiger partial charge in [-0.3, -0.25) is 0 Å². The zero-order valence-electron chi connectivity index (χ0n) is 44.2. The van der Waals surface area contributed by atoms with Crippen molar-refractivity contribution < 1.29 is 23.0 Å². The Morgan fingerprint density at radius 2 is 0.761 bits per heavy atom. The number of hydrogen-bond donors (Lipinski definition) is 1. The molecule has 0 amide bonds. The van der Waals surface area contributed by atoms with Crippen LogP contribution in [-0.2, 0) is 9.84 Å². The van der Waals surface area contributed by atoms with Crippen LogP contribution in [0.4, 0.5) is 0 Å². The van der Waals surface area contributed by atoms with E-state index in [2.05, 4.69) is 26.8 Å². The molecule has 1 unspecified atom stereocenters. The Morgan fingerprint density at radius 1 is 0.418 bits per heavy atom. The van der Waals surface area contributed by atoms with E-state index in [0.29, 0.717) is 6.61 Å². The van der Waals surface area contributed by atoms with Crippen molar-refractivity contribution in [2.45, 2.75) is 294 Å².